The molecule has 0 bridgehead atoms. The van der Waals surface area contributed by atoms with Crippen molar-refractivity contribution in [2.45, 2.75) is 12.8 Å². The van der Waals surface area contributed by atoms with E-state index >= 15 is 0 Å². The van der Waals surface area contributed by atoms with Gasteiger partial charge in [0.25, 0.3) is 0 Å². The van der Waals surface area contributed by atoms with Crippen LogP contribution in [0.25, 0.3) is 16.9 Å². The fourth-order valence-corrected chi connectivity index (χ4v) is 2.89. The summed E-state index contributed by atoms with van der Waals surface area (Å²) >= 11 is 0. The van der Waals surface area contributed by atoms with Gasteiger partial charge >= 0.3 is 6.18 Å². The van der Waals surface area contributed by atoms with Crippen molar-refractivity contribution in [2.75, 3.05) is 12.4 Å². The molecule has 0 aliphatic carbocycles. The zero-order valence-electron chi connectivity index (χ0n) is 15.3. The first-order valence-corrected chi connectivity index (χ1v) is 8.73. The Hall–Kier alpha value is -3.62. The number of aromatic nitrogens is 4. The molecule has 148 valence electrons. The van der Waals surface area contributed by atoms with E-state index in [1.807, 2.05) is 30.3 Å². The lowest BCUT2D eigenvalue weighted by Crippen LogP contribution is -2.13. The van der Waals surface area contributed by atoms with Gasteiger partial charge in [-0.1, -0.05) is 42.5 Å². The van der Waals surface area contributed by atoms with E-state index in [-0.39, 0.29) is 17.0 Å². The average Bonchev–Trinajstić information content (AvgIpc) is 3.16. The van der Waals surface area contributed by atoms with Gasteiger partial charge in [-0.25, -0.2) is 15.0 Å². The summed E-state index contributed by atoms with van der Waals surface area (Å²) in [5, 5.41) is 2.65. The first-order valence-electron chi connectivity index (χ1n) is 8.73. The van der Waals surface area contributed by atoms with Crippen LogP contribution in [0.4, 0.5) is 19.0 Å². The fraction of sp³-hybridized carbons (Fsp3) is 0.150. The number of alkyl halides is 3. The lowest BCUT2D eigenvalue weighted by Gasteiger charge is -2.13. The quantitative estimate of drug-likeness (QED) is 0.537. The van der Waals surface area contributed by atoms with Crippen LogP contribution < -0.4 is 10.1 Å². The van der Waals surface area contributed by atoms with Gasteiger partial charge in [0.1, 0.15) is 18.7 Å². The van der Waals surface area contributed by atoms with E-state index in [2.05, 4.69) is 20.3 Å². The van der Waals surface area contributed by atoms with Gasteiger partial charge in [0.2, 0.25) is 5.82 Å². The molecule has 29 heavy (non-hydrogen) atoms. The highest BCUT2D eigenvalue weighted by atomic mass is 19.4. The van der Waals surface area contributed by atoms with Crippen LogP contribution >= 0.6 is 0 Å². The molecule has 0 spiro atoms. The van der Waals surface area contributed by atoms with Crippen LogP contribution in [-0.4, -0.2) is 26.6 Å². The van der Waals surface area contributed by atoms with Crippen LogP contribution in [0.2, 0.25) is 0 Å². The number of benzene rings is 2. The Morgan fingerprint density at radius 2 is 1.72 bits per heavy atom. The van der Waals surface area contributed by atoms with Crippen LogP contribution in [0.1, 0.15) is 11.4 Å². The Morgan fingerprint density at radius 3 is 2.45 bits per heavy atom. The van der Waals surface area contributed by atoms with Crippen molar-refractivity contribution in [1.82, 2.24) is 19.5 Å². The fourth-order valence-electron chi connectivity index (χ4n) is 2.89. The van der Waals surface area contributed by atoms with E-state index in [0.29, 0.717) is 18.0 Å². The number of nitrogens with zero attached hydrogens (tertiary/aromatic N) is 4. The number of halogens is 3. The summed E-state index contributed by atoms with van der Waals surface area (Å²) in [6.45, 7) is 0.315. The largest absolute Gasteiger partial charge is 0.487 e. The van der Waals surface area contributed by atoms with Crippen LogP contribution in [0.15, 0.2) is 60.9 Å². The molecule has 0 amide bonds. The Morgan fingerprint density at radius 1 is 1.00 bits per heavy atom. The van der Waals surface area contributed by atoms with Crippen molar-refractivity contribution in [2.24, 2.45) is 0 Å². The highest BCUT2D eigenvalue weighted by Gasteiger charge is 2.36. The van der Waals surface area contributed by atoms with Gasteiger partial charge in [0.15, 0.2) is 17.0 Å². The third kappa shape index (κ3) is 3.71. The number of anilines is 1. The number of nitrogens with one attached hydrogen (secondary N) is 1. The SMILES string of the molecule is CNc1nc(C(F)(F)F)nc2c1ncn2-c1ccccc1OCc1ccccc1. The molecule has 4 rings (SSSR count). The second-order valence-corrected chi connectivity index (χ2v) is 6.17. The second-order valence-electron chi connectivity index (χ2n) is 6.17. The molecule has 0 aliphatic rings. The molecule has 1 N–H and O–H groups in total. The highest BCUT2D eigenvalue weighted by Crippen LogP contribution is 2.32. The normalized spacial score (nSPS) is 11.6. The Bertz CT molecular complexity index is 1140. The maximum Gasteiger partial charge on any atom is 0.451 e. The van der Waals surface area contributed by atoms with Gasteiger partial charge in [0, 0.05) is 7.05 Å². The monoisotopic (exact) mass is 399 g/mol. The Balaban J connectivity index is 1.79. The van der Waals surface area contributed by atoms with Crippen molar-refractivity contribution in [3.8, 4) is 11.4 Å². The molecule has 0 unspecified atom stereocenters. The van der Waals surface area contributed by atoms with Gasteiger partial charge < -0.3 is 10.1 Å². The van der Waals surface area contributed by atoms with Gasteiger partial charge in [-0.2, -0.15) is 13.2 Å². The van der Waals surface area contributed by atoms with E-state index < -0.39 is 12.0 Å². The minimum absolute atomic E-state index is 0.00348. The van der Waals surface area contributed by atoms with E-state index in [1.54, 1.807) is 24.3 Å². The van der Waals surface area contributed by atoms with Gasteiger partial charge in [-0.15, -0.1) is 0 Å². The summed E-state index contributed by atoms with van der Waals surface area (Å²) in [5.41, 5.74) is 1.77. The van der Waals surface area contributed by atoms with Crippen LogP contribution in [0, 0.1) is 0 Å². The van der Waals surface area contributed by atoms with Crippen molar-refractivity contribution in [1.29, 1.82) is 0 Å². The molecule has 2 aromatic carbocycles. The predicted octanol–water partition coefficient (Wildman–Crippen LogP) is 4.46. The Kier molecular flexibility index (Phi) is 4.79. The van der Waals surface area contributed by atoms with Gasteiger partial charge in [0.05, 0.1) is 5.69 Å². The van der Waals surface area contributed by atoms with Crippen molar-refractivity contribution >= 4 is 17.0 Å². The molecule has 9 heteroatoms. The smallest absolute Gasteiger partial charge is 0.451 e. The van der Waals surface area contributed by atoms with Crippen LogP contribution in [-0.2, 0) is 12.8 Å². The molecular weight excluding hydrogens is 383 g/mol. The topological polar surface area (TPSA) is 64.9 Å². The zero-order chi connectivity index (χ0) is 20.4. The number of imidazole rings is 1. The maximum atomic E-state index is 13.3. The van der Waals surface area contributed by atoms with E-state index in [0.717, 1.165) is 5.56 Å². The summed E-state index contributed by atoms with van der Waals surface area (Å²) < 4.78 is 47.1. The zero-order valence-corrected chi connectivity index (χ0v) is 15.3. The van der Waals surface area contributed by atoms with Crippen molar-refractivity contribution in [3.63, 3.8) is 0 Å². The number of rotatable bonds is 5. The third-order valence-electron chi connectivity index (χ3n) is 4.25. The number of ether oxygens (including phenoxy) is 1. The summed E-state index contributed by atoms with van der Waals surface area (Å²) in [7, 11) is 1.48. The van der Waals surface area contributed by atoms with E-state index in [9.17, 15) is 13.2 Å². The number of hydrogen-bond donors (Lipinski definition) is 1. The van der Waals surface area contributed by atoms with E-state index in [1.165, 1.54) is 17.9 Å². The lowest BCUT2D eigenvalue weighted by molar-refractivity contribution is -0.144. The predicted molar refractivity (Wildman–Crippen MR) is 102 cm³/mol. The average molecular weight is 399 g/mol. The minimum Gasteiger partial charge on any atom is -0.487 e. The summed E-state index contributed by atoms with van der Waals surface area (Å²) in [5.74, 6) is -0.739. The molecule has 0 radical (unpaired) electrons. The first kappa shape index (κ1) is 18.7. The molecule has 2 aromatic heterocycles. The van der Waals surface area contributed by atoms with Crippen molar-refractivity contribution < 1.29 is 17.9 Å². The molecule has 0 fully saturated rings. The van der Waals surface area contributed by atoms with Crippen LogP contribution in [0.3, 0.4) is 0 Å². The van der Waals surface area contributed by atoms with Gasteiger partial charge in [-0.3, -0.25) is 4.57 Å². The summed E-state index contributed by atoms with van der Waals surface area (Å²) in [6, 6.07) is 16.6. The molecule has 0 saturated carbocycles. The molecule has 4 aromatic rings. The first-order chi connectivity index (χ1) is 14.0. The third-order valence-corrected chi connectivity index (χ3v) is 4.25. The van der Waals surface area contributed by atoms with E-state index in [4.69, 9.17) is 4.74 Å². The number of para-hydroxylation sites is 2. The molecule has 6 nitrogen and oxygen atoms in total. The summed E-state index contributed by atoms with van der Waals surface area (Å²) in [4.78, 5) is 11.5. The molecule has 2 heterocycles. The molecule has 0 aliphatic heterocycles. The summed E-state index contributed by atoms with van der Waals surface area (Å²) in [6.07, 6.45) is -3.27. The minimum atomic E-state index is -4.68. The van der Waals surface area contributed by atoms with Gasteiger partial charge in [-0.05, 0) is 17.7 Å². The lowest BCUT2D eigenvalue weighted by atomic mass is 10.2. The molecule has 0 saturated heterocycles. The second kappa shape index (κ2) is 7.42. The maximum absolute atomic E-state index is 13.3. The number of hydrogen-bond acceptors (Lipinski definition) is 5. The van der Waals surface area contributed by atoms with Crippen molar-refractivity contribution in [3.05, 3.63) is 72.3 Å². The molecular formula is C20H16F3N5O. The standard InChI is InChI=1S/C20H16F3N5O/c1-24-17-16-18(27-19(26-17)20(21,22)23)28(12-25-16)14-9-5-6-10-15(14)29-11-13-7-3-2-4-8-13/h2-10,12H,11H2,1H3,(H,24,26,27). The Labute approximate surface area is 164 Å². The highest BCUT2D eigenvalue weighted by molar-refractivity contribution is 5.84. The van der Waals surface area contributed by atoms with Crippen LogP contribution in [0.5, 0.6) is 5.75 Å². The molecule has 0 atom stereocenters. The number of fused-ring (bicyclic) bond motifs is 1.